The van der Waals surface area contributed by atoms with Crippen molar-refractivity contribution in [3.8, 4) is 0 Å². The average molecular weight is 614 g/mol. The van der Waals surface area contributed by atoms with Crippen LogP contribution in [0.2, 0.25) is 0 Å². The first-order valence-corrected chi connectivity index (χ1v) is 14.5. The number of ketones is 1. The van der Waals surface area contributed by atoms with Gasteiger partial charge in [-0.2, -0.15) is 18.3 Å². The fourth-order valence-electron chi connectivity index (χ4n) is 6.39. The van der Waals surface area contributed by atoms with Crippen molar-refractivity contribution in [1.29, 1.82) is 0 Å². The lowest BCUT2D eigenvalue weighted by Crippen LogP contribution is -2.47. The second-order valence-corrected chi connectivity index (χ2v) is 11.7. The van der Waals surface area contributed by atoms with Crippen LogP contribution in [0.3, 0.4) is 0 Å². The third kappa shape index (κ3) is 5.44. The molecule has 3 fully saturated rings. The zero-order valence-electron chi connectivity index (χ0n) is 23.7. The van der Waals surface area contributed by atoms with E-state index in [4.69, 9.17) is 0 Å². The molecule has 2 N–H and O–H groups in total. The van der Waals surface area contributed by atoms with Crippen molar-refractivity contribution in [1.82, 2.24) is 19.6 Å². The minimum Gasteiger partial charge on any atom is -0.395 e. The molecule has 3 aromatic rings. The molecule has 3 amide bonds. The smallest absolute Gasteiger partial charge is 0.395 e. The van der Waals surface area contributed by atoms with Gasteiger partial charge in [0.15, 0.2) is 0 Å². The van der Waals surface area contributed by atoms with Crippen LogP contribution in [-0.2, 0) is 16.4 Å². The summed E-state index contributed by atoms with van der Waals surface area (Å²) in [5, 5.41) is 17.4. The van der Waals surface area contributed by atoms with Crippen molar-refractivity contribution in [2.24, 2.45) is 0 Å². The highest BCUT2D eigenvalue weighted by atomic mass is 19.4. The van der Waals surface area contributed by atoms with Gasteiger partial charge in [0.1, 0.15) is 17.8 Å². The van der Waals surface area contributed by atoms with Crippen LogP contribution in [-0.4, -0.2) is 68.6 Å². The number of Topliss-reactive ketones (excluding diaryl/α,β-unsaturated/α-hetero) is 1. The van der Waals surface area contributed by atoms with E-state index in [0.717, 1.165) is 6.07 Å². The molecule has 2 saturated heterocycles. The Bertz CT molecular complexity index is 1600. The van der Waals surface area contributed by atoms with Crippen LogP contribution in [0, 0.1) is 5.82 Å². The van der Waals surface area contributed by atoms with E-state index in [2.05, 4.69) is 10.4 Å². The van der Waals surface area contributed by atoms with Crippen LogP contribution >= 0.6 is 0 Å². The van der Waals surface area contributed by atoms with Crippen LogP contribution in [0.1, 0.15) is 71.4 Å². The number of urea groups is 1. The monoisotopic (exact) mass is 613 g/mol. The Morgan fingerprint density at radius 1 is 1.07 bits per heavy atom. The van der Waals surface area contributed by atoms with Crippen molar-refractivity contribution >= 4 is 23.4 Å². The molecule has 13 heteroatoms. The maximum atomic E-state index is 14.3. The second-order valence-electron chi connectivity index (χ2n) is 11.7. The SMILES string of the molecule is O=C1CCN(C(=O)Nc2ccccc2F)C(n2ncc(C(=O)N3CCC(c4ccccc4C(F)(F)F)C3)c2C2(CO)CC2)C1. The third-order valence-corrected chi connectivity index (χ3v) is 8.93. The first-order valence-electron chi connectivity index (χ1n) is 14.5. The predicted molar refractivity (Wildman–Crippen MR) is 150 cm³/mol. The van der Waals surface area contributed by atoms with Crippen LogP contribution in [0.4, 0.5) is 28.0 Å². The number of para-hydroxylation sites is 1. The van der Waals surface area contributed by atoms with E-state index in [0.29, 0.717) is 25.0 Å². The molecule has 1 aromatic heterocycles. The van der Waals surface area contributed by atoms with Crippen LogP contribution in [0.5, 0.6) is 0 Å². The number of anilines is 1. The molecule has 1 aliphatic carbocycles. The minimum absolute atomic E-state index is 0.0326. The summed E-state index contributed by atoms with van der Waals surface area (Å²) in [5.41, 5.74) is -0.883. The lowest BCUT2D eigenvalue weighted by Gasteiger charge is -2.36. The summed E-state index contributed by atoms with van der Waals surface area (Å²) < 4.78 is 56.8. The zero-order chi connectivity index (χ0) is 31.2. The number of carbonyl (C=O) groups excluding carboxylic acids is 3. The van der Waals surface area contributed by atoms with Crippen LogP contribution in [0.25, 0.3) is 0 Å². The molecule has 0 spiro atoms. The fraction of sp³-hybridized carbons (Fsp3) is 0.419. The largest absolute Gasteiger partial charge is 0.416 e. The van der Waals surface area contributed by atoms with Gasteiger partial charge >= 0.3 is 12.2 Å². The second kappa shape index (κ2) is 11.3. The van der Waals surface area contributed by atoms with Crippen LogP contribution < -0.4 is 5.32 Å². The molecule has 9 nitrogen and oxygen atoms in total. The number of aliphatic hydroxyl groups excluding tert-OH is 1. The Morgan fingerprint density at radius 3 is 2.50 bits per heavy atom. The van der Waals surface area contributed by atoms with Gasteiger partial charge in [-0.05, 0) is 43.0 Å². The number of hydrogen-bond acceptors (Lipinski definition) is 5. The van der Waals surface area contributed by atoms with Crippen molar-refractivity contribution in [3.05, 3.63) is 82.9 Å². The quantitative estimate of drug-likeness (QED) is 0.377. The number of piperidine rings is 1. The lowest BCUT2D eigenvalue weighted by atomic mass is 9.93. The number of hydrogen-bond donors (Lipinski definition) is 2. The van der Waals surface area contributed by atoms with Crippen molar-refractivity contribution in [2.75, 3.05) is 31.6 Å². The van der Waals surface area contributed by atoms with Gasteiger partial charge in [-0.25, -0.2) is 13.9 Å². The Kier molecular flexibility index (Phi) is 7.68. The molecule has 2 aromatic carbocycles. The molecule has 232 valence electrons. The number of benzene rings is 2. The summed E-state index contributed by atoms with van der Waals surface area (Å²) in [5.74, 6) is -1.71. The van der Waals surface area contributed by atoms with Gasteiger partial charge in [-0.1, -0.05) is 30.3 Å². The number of alkyl halides is 3. The molecular formula is C31H31F4N5O4. The Balaban J connectivity index is 1.31. The molecular weight excluding hydrogens is 582 g/mol. The van der Waals surface area contributed by atoms with Gasteiger partial charge < -0.3 is 20.2 Å². The maximum Gasteiger partial charge on any atom is 0.416 e. The molecule has 6 rings (SSSR count). The first kappa shape index (κ1) is 29.8. The minimum atomic E-state index is -4.52. The van der Waals surface area contributed by atoms with E-state index in [9.17, 15) is 37.1 Å². The number of likely N-dealkylation sites (tertiary alicyclic amines) is 2. The number of nitrogens with one attached hydrogen (secondary N) is 1. The van der Waals surface area contributed by atoms with Gasteiger partial charge in [-0.15, -0.1) is 0 Å². The molecule has 1 saturated carbocycles. The van der Waals surface area contributed by atoms with E-state index in [1.165, 1.54) is 51.0 Å². The van der Waals surface area contributed by atoms with Gasteiger partial charge in [-0.3, -0.25) is 9.59 Å². The summed E-state index contributed by atoms with van der Waals surface area (Å²) in [6, 6.07) is 10.4. The molecule has 0 bridgehead atoms. The highest BCUT2D eigenvalue weighted by Crippen LogP contribution is 2.50. The number of aromatic nitrogens is 2. The molecule has 0 radical (unpaired) electrons. The fourth-order valence-corrected chi connectivity index (χ4v) is 6.39. The van der Waals surface area contributed by atoms with E-state index in [1.807, 2.05) is 0 Å². The molecule has 2 unspecified atom stereocenters. The van der Waals surface area contributed by atoms with Gasteiger partial charge in [0, 0.05) is 43.8 Å². The first-order chi connectivity index (χ1) is 21.0. The number of amides is 3. The summed E-state index contributed by atoms with van der Waals surface area (Å²) in [7, 11) is 0. The number of halogens is 4. The van der Waals surface area contributed by atoms with Crippen LogP contribution in [0.15, 0.2) is 54.7 Å². The summed E-state index contributed by atoms with van der Waals surface area (Å²) in [6.45, 7) is 0.0286. The number of rotatable bonds is 6. The maximum absolute atomic E-state index is 14.3. The molecule has 44 heavy (non-hydrogen) atoms. The zero-order valence-corrected chi connectivity index (χ0v) is 23.7. The van der Waals surface area contributed by atoms with Crippen molar-refractivity contribution in [2.45, 2.75) is 55.8 Å². The van der Waals surface area contributed by atoms with E-state index in [-0.39, 0.29) is 61.7 Å². The molecule has 2 aliphatic heterocycles. The van der Waals surface area contributed by atoms with Gasteiger partial charge in [0.25, 0.3) is 5.91 Å². The average Bonchev–Trinajstić information content (AvgIpc) is 3.41. The summed E-state index contributed by atoms with van der Waals surface area (Å²) in [6.07, 6.45) is -2.71. The molecule has 2 atom stereocenters. The normalized spacial score (nSPS) is 21.4. The number of carbonyl (C=O) groups is 3. The van der Waals surface area contributed by atoms with E-state index >= 15 is 0 Å². The van der Waals surface area contributed by atoms with E-state index < -0.39 is 47.0 Å². The predicted octanol–water partition coefficient (Wildman–Crippen LogP) is 5.09. The highest BCUT2D eigenvalue weighted by molar-refractivity contribution is 5.96. The number of aliphatic hydroxyl groups is 1. The van der Waals surface area contributed by atoms with E-state index in [1.54, 1.807) is 12.1 Å². The lowest BCUT2D eigenvalue weighted by molar-refractivity contribution is -0.138. The standard InChI is InChI=1S/C31H31F4N5O4/c32-24-7-3-4-8-25(24)37-29(44)39-14-10-20(42)15-26(39)40-27(30(18-41)11-12-30)22(16-36-40)28(43)38-13-9-19(17-38)21-5-1-2-6-23(21)31(33,34)35/h1-8,16,19,26,41H,9-15,17-18H2,(H,37,44). The van der Waals surface area contributed by atoms with Gasteiger partial charge in [0.05, 0.1) is 35.3 Å². The Hall–Kier alpha value is -4.26. The highest BCUT2D eigenvalue weighted by Gasteiger charge is 2.51. The number of nitrogens with zero attached hydrogens (tertiary/aromatic N) is 4. The van der Waals surface area contributed by atoms with Crippen molar-refractivity contribution < 1.29 is 37.1 Å². The Morgan fingerprint density at radius 2 is 1.80 bits per heavy atom. The Labute approximate surface area is 250 Å². The van der Waals surface area contributed by atoms with Gasteiger partial charge in [0.2, 0.25) is 0 Å². The topological polar surface area (TPSA) is 108 Å². The molecule has 3 aliphatic rings. The van der Waals surface area contributed by atoms with Crippen molar-refractivity contribution in [3.63, 3.8) is 0 Å². The third-order valence-electron chi connectivity index (χ3n) is 8.93. The molecule has 3 heterocycles. The summed E-state index contributed by atoms with van der Waals surface area (Å²) in [4.78, 5) is 42.8. The summed E-state index contributed by atoms with van der Waals surface area (Å²) >= 11 is 0.